The first-order chi connectivity index (χ1) is 5.70. The van der Waals surface area contributed by atoms with Crippen LogP contribution in [0.4, 0.5) is 5.95 Å². The Balaban J connectivity index is 0.00000144. The summed E-state index contributed by atoms with van der Waals surface area (Å²) >= 11 is 0. The zero-order valence-electron chi connectivity index (χ0n) is 6.34. The van der Waals surface area contributed by atoms with Crippen molar-refractivity contribution < 1.29 is 5.48 Å². The van der Waals surface area contributed by atoms with E-state index in [2.05, 4.69) is 31.0 Å². The van der Waals surface area contributed by atoms with Gasteiger partial charge in [0, 0.05) is 0 Å². The van der Waals surface area contributed by atoms with E-state index in [0.29, 0.717) is 5.12 Å². The number of H-pyrrole nitrogens is 1. The molecule has 0 unspecified atom stereocenters. The van der Waals surface area contributed by atoms with E-state index in [4.69, 9.17) is 17.0 Å². The minimum absolute atomic E-state index is 0. The van der Waals surface area contributed by atoms with Crippen LogP contribution in [0.3, 0.4) is 0 Å². The molecule has 0 saturated carbocycles. The third kappa shape index (κ3) is 3.17. The molecule has 0 aliphatic carbocycles. The Morgan fingerprint density at radius 1 is 1.62 bits per heavy atom. The molecule has 11 heteroatoms. The normalized spacial score (nSPS) is 9.62. The molecular formula is C2H8N10O. The predicted octanol–water partition coefficient (Wildman–Crippen LogP) is -2.56. The van der Waals surface area contributed by atoms with Gasteiger partial charge in [0.05, 0.1) is 0 Å². The van der Waals surface area contributed by atoms with E-state index in [1.54, 1.807) is 0 Å². The van der Waals surface area contributed by atoms with E-state index in [-0.39, 0.29) is 11.4 Å². The fourth-order valence-electron chi connectivity index (χ4n) is 0.335. The molecular weight excluding hydrogens is 180 g/mol. The van der Waals surface area contributed by atoms with Gasteiger partial charge >= 0.3 is 5.95 Å². The van der Waals surface area contributed by atoms with E-state index in [1.165, 1.54) is 0 Å². The van der Waals surface area contributed by atoms with E-state index in [9.17, 15) is 0 Å². The Morgan fingerprint density at radius 3 is 2.77 bits per heavy atom. The minimum Gasteiger partial charge on any atom is -0.412 e. The highest BCUT2D eigenvalue weighted by Crippen LogP contribution is 1.97. The summed E-state index contributed by atoms with van der Waals surface area (Å²) in [6.45, 7) is 0. The van der Waals surface area contributed by atoms with Crippen LogP contribution in [0.2, 0.25) is 0 Å². The molecule has 11 nitrogen and oxygen atoms in total. The molecule has 8 N–H and O–H groups in total. The zero-order valence-corrected chi connectivity index (χ0v) is 6.34. The summed E-state index contributed by atoms with van der Waals surface area (Å²) in [6, 6.07) is 0. The highest BCUT2D eigenvalue weighted by Gasteiger charge is 1.97. The molecule has 0 aliphatic heterocycles. The Hall–Kier alpha value is -2.14. The molecule has 0 saturated heterocycles. The smallest absolute Gasteiger partial charge is 0.309 e. The van der Waals surface area contributed by atoms with Crippen molar-refractivity contribution in [1.82, 2.24) is 25.7 Å². The van der Waals surface area contributed by atoms with E-state index < -0.39 is 5.96 Å². The van der Waals surface area contributed by atoms with Crippen LogP contribution < -0.4 is 11.6 Å². The molecule has 0 fully saturated rings. The summed E-state index contributed by atoms with van der Waals surface area (Å²) in [6.07, 6.45) is 0. The first kappa shape index (κ1) is 10.9. The molecule has 0 bridgehead atoms. The maximum atomic E-state index is 6.79. The highest BCUT2D eigenvalue weighted by molar-refractivity contribution is 5.73. The number of nitrogens with one attached hydrogen (secondary N) is 2. The van der Waals surface area contributed by atoms with Gasteiger partial charge in [0.25, 0.3) is 0 Å². The van der Waals surface area contributed by atoms with Crippen LogP contribution in [-0.2, 0) is 0 Å². The quantitative estimate of drug-likeness (QED) is 0.130. The standard InChI is InChI=1S/C2H6N10.H2O/c3-1(4)12(5)11-8-2-6-9-10-7-2;/h5H2,(H3,3,4)(H,6,7,9,10);1H2. The highest BCUT2D eigenvalue weighted by atomic mass is 16.0. The molecule has 1 heterocycles. The first-order valence-electron chi connectivity index (χ1n) is 2.74. The zero-order chi connectivity index (χ0) is 8.97. The number of guanidine groups is 1. The lowest BCUT2D eigenvalue weighted by Gasteiger charge is -2.04. The summed E-state index contributed by atoms with van der Waals surface area (Å²) < 4.78 is 0. The summed E-state index contributed by atoms with van der Waals surface area (Å²) in [5.41, 5.74) is 4.94. The molecule has 0 aromatic carbocycles. The Labute approximate surface area is 71.6 Å². The summed E-state index contributed by atoms with van der Waals surface area (Å²) in [4.78, 5) is 0. The minimum atomic E-state index is -0.442. The van der Waals surface area contributed by atoms with Crippen molar-refractivity contribution in [1.29, 1.82) is 5.41 Å². The lowest BCUT2D eigenvalue weighted by molar-refractivity contribution is 0.430. The summed E-state index contributed by atoms with van der Waals surface area (Å²) in [7, 11) is 0. The van der Waals surface area contributed by atoms with Gasteiger partial charge in [-0.05, 0) is 10.4 Å². The van der Waals surface area contributed by atoms with Crippen LogP contribution in [0.25, 0.3) is 0 Å². The number of tetrazole rings is 1. The summed E-state index contributed by atoms with van der Waals surface area (Å²) in [5.74, 6) is 4.63. The Kier molecular flexibility index (Phi) is 3.91. The molecule has 1 aromatic heterocycles. The number of hydrogen-bond acceptors (Lipinski definition) is 7. The van der Waals surface area contributed by atoms with Crippen LogP contribution in [0.1, 0.15) is 0 Å². The van der Waals surface area contributed by atoms with Crippen molar-refractivity contribution in [2.75, 3.05) is 0 Å². The second kappa shape index (κ2) is 4.68. The number of aromatic nitrogens is 4. The second-order valence-electron chi connectivity index (χ2n) is 1.63. The lowest BCUT2D eigenvalue weighted by Crippen LogP contribution is -2.37. The Bertz CT molecular complexity index is 275. The van der Waals surface area contributed by atoms with Gasteiger partial charge in [0.1, 0.15) is 0 Å². The lowest BCUT2D eigenvalue weighted by atomic mass is 11.1. The van der Waals surface area contributed by atoms with Crippen molar-refractivity contribution in [2.45, 2.75) is 0 Å². The van der Waals surface area contributed by atoms with Crippen LogP contribution >= 0.6 is 0 Å². The van der Waals surface area contributed by atoms with Crippen LogP contribution in [0, 0.1) is 5.41 Å². The van der Waals surface area contributed by atoms with Gasteiger partial charge in [-0.2, -0.15) is 5.21 Å². The number of rotatable bonds is 2. The van der Waals surface area contributed by atoms with E-state index >= 15 is 0 Å². The van der Waals surface area contributed by atoms with Crippen molar-refractivity contribution in [2.24, 2.45) is 21.9 Å². The number of nitrogens with zero attached hydrogens (tertiary/aromatic N) is 6. The third-order valence-electron chi connectivity index (χ3n) is 0.812. The molecule has 13 heavy (non-hydrogen) atoms. The second-order valence-corrected chi connectivity index (χ2v) is 1.63. The van der Waals surface area contributed by atoms with Crippen molar-refractivity contribution in [3.63, 3.8) is 0 Å². The van der Waals surface area contributed by atoms with E-state index in [0.717, 1.165) is 0 Å². The Morgan fingerprint density at radius 2 is 2.31 bits per heavy atom. The molecule has 0 radical (unpaired) electrons. The topological polar surface area (TPSA) is 190 Å². The van der Waals surface area contributed by atoms with Crippen molar-refractivity contribution in [3.05, 3.63) is 0 Å². The molecule has 1 rings (SSSR count). The fraction of sp³-hybridized carbons (Fsp3) is 0. The predicted molar refractivity (Wildman–Crippen MR) is 40.2 cm³/mol. The number of nitrogens with two attached hydrogens (primary N) is 2. The monoisotopic (exact) mass is 188 g/mol. The van der Waals surface area contributed by atoms with E-state index in [1.807, 2.05) is 0 Å². The van der Waals surface area contributed by atoms with Gasteiger partial charge in [0.2, 0.25) is 5.96 Å². The van der Waals surface area contributed by atoms with Gasteiger partial charge in [-0.25, -0.2) is 5.84 Å². The number of aromatic amines is 1. The summed E-state index contributed by atoms with van der Waals surface area (Å²) in [5, 5.41) is 26.3. The molecule has 0 aliphatic rings. The molecule has 1 aromatic rings. The molecule has 0 amide bonds. The van der Waals surface area contributed by atoms with Gasteiger partial charge in [0.15, 0.2) is 0 Å². The average Bonchev–Trinajstić information content (AvgIpc) is 2.51. The fourth-order valence-corrected chi connectivity index (χ4v) is 0.335. The third-order valence-corrected chi connectivity index (χ3v) is 0.812. The molecule has 0 atom stereocenters. The van der Waals surface area contributed by atoms with Gasteiger partial charge in [-0.1, -0.05) is 10.2 Å². The molecule has 0 spiro atoms. The first-order valence-corrected chi connectivity index (χ1v) is 2.74. The van der Waals surface area contributed by atoms with Crippen molar-refractivity contribution in [3.8, 4) is 0 Å². The van der Waals surface area contributed by atoms with Gasteiger partial charge in [-0.15, -0.1) is 10.2 Å². The van der Waals surface area contributed by atoms with Crippen LogP contribution in [-0.4, -0.2) is 37.2 Å². The maximum Gasteiger partial charge on any atom is 0.309 e. The van der Waals surface area contributed by atoms with Gasteiger partial charge < -0.3 is 11.2 Å². The van der Waals surface area contributed by atoms with Gasteiger partial charge in [-0.3, -0.25) is 5.41 Å². The number of hydrogen-bond donors (Lipinski definition) is 4. The maximum absolute atomic E-state index is 6.79. The van der Waals surface area contributed by atoms with Crippen molar-refractivity contribution >= 4 is 11.9 Å². The SMILES string of the molecule is N=C(N)N(N)N=Nc1nn[nH]n1.O. The number of hydrazine groups is 1. The van der Waals surface area contributed by atoms with Crippen LogP contribution in [0.5, 0.6) is 0 Å². The molecule has 72 valence electrons. The van der Waals surface area contributed by atoms with Crippen LogP contribution in [0.15, 0.2) is 10.3 Å². The largest absolute Gasteiger partial charge is 0.412 e. The average molecular weight is 188 g/mol.